The van der Waals surface area contributed by atoms with Crippen molar-refractivity contribution in [2.75, 3.05) is 13.2 Å². The van der Waals surface area contributed by atoms with Crippen molar-refractivity contribution in [3.8, 4) is 0 Å². The molecule has 2 aliphatic rings. The second-order valence-electron chi connectivity index (χ2n) is 5.92. The Morgan fingerprint density at radius 2 is 1.80 bits per heavy atom. The van der Waals surface area contributed by atoms with E-state index in [1.54, 1.807) is 12.1 Å². The first-order valence-electron chi connectivity index (χ1n) is 7.91. The molecular formula is C17H16ClNO5S. The average molecular weight is 382 g/mol. The topological polar surface area (TPSA) is 80.8 Å². The molecule has 0 saturated carbocycles. The van der Waals surface area contributed by atoms with E-state index in [0.29, 0.717) is 22.1 Å². The average Bonchev–Trinajstić information content (AvgIpc) is 3.14. The number of imide groups is 1. The standard InChI is InChI=1S/C17H16ClNO5S/c18-14-6-5-13(25-14)12(20)9-24-15(21)7-8-19-16(22)10-3-1-2-4-11(10)17(19)23/h1-2,5-6,10-11H,3-4,7-9H2/t10-,11-/m0/s1. The molecule has 0 bridgehead atoms. The molecule has 1 fully saturated rings. The molecule has 1 aliphatic carbocycles. The van der Waals surface area contributed by atoms with Gasteiger partial charge in [-0.25, -0.2) is 0 Å². The Hall–Kier alpha value is -1.99. The summed E-state index contributed by atoms with van der Waals surface area (Å²) in [7, 11) is 0. The summed E-state index contributed by atoms with van der Waals surface area (Å²) in [4.78, 5) is 49.8. The summed E-state index contributed by atoms with van der Waals surface area (Å²) in [5, 5.41) is 0. The van der Waals surface area contributed by atoms with Gasteiger partial charge in [-0.1, -0.05) is 23.8 Å². The molecule has 1 aromatic heterocycles. The van der Waals surface area contributed by atoms with Crippen LogP contribution in [0.2, 0.25) is 4.34 Å². The summed E-state index contributed by atoms with van der Waals surface area (Å²) in [6, 6.07) is 3.17. The molecule has 2 heterocycles. The molecule has 1 aliphatic heterocycles. The van der Waals surface area contributed by atoms with Crippen LogP contribution >= 0.6 is 22.9 Å². The van der Waals surface area contributed by atoms with E-state index in [2.05, 4.69) is 0 Å². The lowest BCUT2D eigenvalue weighted by Crippen LogP contribution is -2.33. The summed E-state index contributed by atoms with van der Waals surface area (Å²) in [6.45, 7) is -0.394. The van der Waals surface area contributed by atoms with Crippen LogP contribution < -0.4 is 0 Å². The Labute approximate surface area is 153 Å². The van der Waals surface area contributed by atoms with Gasteiger partial charge in [-0.2, -0.15) is 0 Å². The quantitative estimate of drug-likeness (QED) is 0.327. The van der Waals surface area contributed by atoms with Gasteiger partial charge in [-0.05, 0) is 25.0 Å². The molecule has 2 amide bonds. The Balaban J connectivity index is 1.47. The zero-order valence-electron chi connectivity index (χ0n) is 13.3. The Bertz CT molecular complexity index is 730. The number of hydrogen-bond donors (Lipinski definition) is 0. The maximum Gasteiger partial charge on any atom is 0.308 e. The summed E-state index contributed by atoms with van der Waals surface area (Å²) in [5.41, 5.74) is 0. The highest BCUT2D eigenvalue weighted by Gasteiger charge is 2.46. The smallest absolute Gasteiger partial charge is 0.308 e. The first-order chi connectivity index (χ1) is 12.0. The van der Waals surface area contributed by atoms with Crippen LogP contribution in [0.5, 0.6) is 0 Å². The number of allylic oxidation sites excluding steroid dienone is 2. The van der Waals surface area contributed by atoms with Gasteiger partial charge < -0.3 is 4.74 Å². The third-order valence-electron chi connectivity index (χ3n) is 4.35. The van der Waals surface area contributed by atoms with E-state index >= 15 is 0 Å². The Morgan fingerprint density at radius 1 is 1.16 bits per heavy atom. The number of hydrogen-bond acceptors (Lipinski definition) is 6. The molecule has 8 heteroatoms. The number of ether oxygens (including phenoxy) is 1. The number of thiophene rings is 1. The number of fused-ring (bicyclic) bond motifs is 1. The van der Waals surface area contributed by atoms with E-state index in [1.807, 2.05) is 12.2 Å². The zero-order valence-corrected chi connectivity index (χ0v) is 14.8. The number of halogens is 1. The summed E-state index contributed by atoms with van der Waals surface area (Å²) in [6.07, 6.45) is 4.82. The van der Waals surface area contributed by atoms with Crippen molar-refractivity contribution < 1.29 is 23.9 Å². The van der Waals surface area contributed by atoms with Gasteiger partial charge in [-0.15, -0.1) is 11.3 Å². The van der Waals surface area contributed by atoms with Crippen molar-refractivity contribution in [3.63, 3.8) is 0 Å². The van der Waals surface area contributed by atoms with Crippen molar-refractivity contribution in [2.24, 2.45) is 11.8 Å². The van der Waals surface area contributed by atoms with E-state index in [4.69, 9.17) is 16.3 Å². The van der Waals surface area contributed by atoms with Crippen LogP contribution in [-0.2, 0) is 19.1 Å². The maximum absolute atomic E-state index is 12.3. The molecule has 0 spiro atoms. The lowest BCUT2D eigenvalue weighted by molar-refractivity contribution is -0.145. The number of likely N-dealkylation sites (tertiary alicyclic amines) is 1. The summed E-state index contributed by atoms with van der Waals surface area (Å²) >= 11 is 6.87. The van der Waals surface area contributed by atoms with Gasteiger partial charge in [0.15, 0.2) is 6.61 Å². The minimum Gasteiger partial charge on any atom is -0.457 e. The molecule has 132 valence electrons. The number of rotatable bonds is 6. The van der Waals surface area contributed by atoms with Crippen LogP contribution in [0.15, 0.2) is 24.3 Å². The van der Waals surface area contributed by atoms with Crippen LogP contribution in [0, 0.1) is 11.8 Å². The van der Waals surface area contributed by atoms with E-state index in [9.17, 15) is 19.2 Å². The maximum atomic E-state index is 12.3. The predicted molar refractivity (Wildman–Crippen MR) is 91.3 cm³/mol. The summed E-state index contributed by atoms with van der Waals surface area (Å²) < 4.78 is 5.41. The fourth-order valence-electron chi connectivity index (χ4n) is 3.05. The van der Waals surface area contributed by atoms with Crippen molar-refractivity contribution in [1.82, 2.24) is 4.90 Å². The number of ketones is 1. The molecule has 0 unspecified atom stereocenters. The molecule has 0 N–H and O–H groups in total. The highest BCUT2D eigenvalue weighted by molar-refractivity contribution is 7.18. The van der Waals surface area contributed by atoms with Crippen LogP contribution in [0.25, 0.3) is 0 Å². The lowest BCUT2D eigenvalue weighted by atomic mass is 9.85. The Morgan fingerprint density at radius 3 is 2.36 bits per heavy atom. The molecular weight excluding hydrogens is 366 g/mol. The van der Waals surface area contributed by atoms with Gasteiger partial charge in [0.2, 0.25) is 17.6 Å². The summed E-state index contributed by atoms with van der Waals surface area (Å²) in [5.74, 6) is -2.02. The normalized spacial score (nSPS) is 22.2. The second kappa shape index (κ2) is 7.49. The van der Waals surface area contributed by atoms with E-state index in [1.165, 1.54) is 0 Å². The Kier molecular flexibility index (Phi) is 5.34. The second-order valence-corrected chi connectivity index (χ2v) is 7.64. The highest BCUT2D eigenvalue weighted by Crippen LogP contribution is 2.35. The molecule has 3 rings (SSSR count). The van der Waals surface area contributed by atoms with Gasteiger partial charge in [0, 0.05) is 6.54 Å². The number of Topliss-reactive ketones (excluding diaryl/α,β-unsaturated/α-hetero) is 1. The van der Waals surface area contributed by atoms with Crippen LogP contribution in [0.3, 0.4) is 0 Å². The minimum absolute atomic E-state index is 0.0114. The molecule has 0 aromatic carbocycles. The van der Waals surface area contributed by atoms with Gasteiger partial charge in [0.1, 0.15) is 0 Å². The molecule has 1 aromatic rings. The van der Waals surface area contributed by atoms with Gasteiger partial charge in [0.25, 0.3) is 0 Å². The fraction of sp³-hybridized carbons (Fsp3) is 0.412. The molecule has 2 atom stereocenters. The van der Waals surface area contributed by atoms with Crippen LogP contribution in [0.4, 0.5) is 0 Å². The number of carbonyl (C=O) groups is 4. The molecule has 25 heavy (non-hydrogen) atoms. The fourth-order valence-corrected chi connectivity index (χ4v) is 4.01. The third-order valence-corrected chi connectivity index (χ3v) is 5.62. The van der Waals surface area contributed by atoms with E-state index in [0.717, 1.165) is 16.2 Å². The molecule has 1 saturated heterocycles. The number of nitrogens with zero attached hydrogens (tertiary/aromatic N) is 1. The number of amides is 2. The van der Waals surface area contributed by atoms with Gasteiger partial charge >= 0.3 is 5.97 Å². The van der Waals surface area contributed by atoms with Crippen molar-refractivity contribution in [3.05, 3.63) is 33.5 Å². The third kappa shape index (κ3) is 3.82. The van der Waals surface area contributed by atoms with Crippen molar-refractivity contribution in [2.45, 2.75) is 19.3 Å². The van der Waals surface area contributed by atoms with E-state index in [-0.39, 0.29) is 49.0 Å². The largest absolute Gasteiger partial charge is 0.457 e. The van der Waals surface area contributed by atoms with Crippen molar-refractivity contribution >= 4 is 46.5 Å². The minimum atomic E-state index is -0.621. The van der Waals surface area contributed by atoms with Crippen LogP contribution in [0.1, 0.15) is 28.9 Å². The van der Waals surface area contributed by atoms with Gasteiger partial charge in [-0.3, -0.25) is 24.1 Å². The lowest BCUT2D eigenvalue weighted by Gasteiger charge is -2.14. The van der Waals surface area contributed by atoms with Crippen molar-refractivity contribution in [1.29, 1.82) is 0 Å². The SMILES string of the molecule is O=C(CCN1C(=O)[C@H]2CC=CC[C@@H]2C1=O)OCC(=O)c1ccc(Cl)s1. The highest BCUT2D eigenvalue weighted by atomic mass is 35.5. The monoisotopic (exact) mass is 381 g/mol. The van der Waals surface area contributed by atoms with E-state index < -0.39 is 5.97 Å². The number of esters is 1. The first-order valence-corrected chi connectivity index (χ1v) is 9.11. The molecule has 6 nitrogen and oxygen atoms in total. The predicted octanol–water partition coefficient (Wildman–Crippen LogP) is 2.47. The van der Waals surface area contributed by atoms with Gasteiger partial charge in [0.05, 0.1) is 27.5 Å². The molecule has 0 radical (unpaired) electrons. The zero-order chi connectivity index (χ0) is 18.0. The first kappa shape index (κ1) is 17.8. The van der Waals surface area contributed by atoms with Crippen LogP contribution in [-0.4, -0.2) is 41.6 Å². The number of carbonyl (C=O) groups excluding carboxylic acids is 4.